The lowest BCUT2D eigenvalue weighted by Gasteiger charge is -2.49. The molecule has 10 heteroatoms. The fourth-order valence-corrected chi connectivity index (χ4v) is 8.83. The zero-order valence-corrected chi connectivity index (χ0v) is 29.6. The summed E-state index contributed by atoms with van der Waals surface area (Å²) >= 11 is 8.01. The second kappa shape index (κ2) is 16.4. The highest BCUT2D eigenvalue weighted by atomic mass is 35.5. The maximum atomic E-state index is 13.6. The minimum absolute atomic E-state index is 0.118. The summed E-state index contributed by atoms with van der Waals surface area (Å²) < 4.78 is -0.397. The van der Waals surface area contributed by atoms with Gasteiger partial charge in [0.1, 0.15) is 17.8 Å². The minimum Gasteiger partial charge on any atom is -0.477 e. The number of nitrogens with one attached hydrogen (secondary N) is 2. The second-order valence-corrected chi connectivity index (χ2v) is 14.5. The number of nitrogens with zero attached hydrogens (tertiary/aromatic N) is 1. The van der Waals surface area contributed by atoms with Gasteiger partial charge < -0.3 is 15.7 Å². The molecule has 3 atom stereocenters. The Labute approximate surface area is 307 Å². The number of carbonyl (C=O) groups excluding carboxylic acids is 3. The van der Waals surface area contributed by atoms with Crippen LogP contribution in [0.4, 0.5) is 0 Å². The van der Waals surface area contributed by atoms with Gasteiger partial charge in [-0.3, -0.25) is 19.3 Å². The molecule has 2 aliphatic heterocycles. The SMILES string of the molecule is O=C(CCCCCSC(c1ccccc1)(c1ccccc1)c1ccccc1)N[C@@H](C(=O)N[C@@H]1C(=O)N2C(C(=O)O)=C(Cl)CC[C@H]12)c1ccccc1. The molecular weight excluding hydrogens is 682 g/mol. The van der Waals surface area contributed by atoms with Crippen molar-refractivity contribution in [3.05, 3.63) is 154 Å². The molecule has 8 nitrogen and oxygen atoms in total. The summed E-state index contributed by atoms with van der Waals surface area (Å²) in [6.07, 6.45) is 3.34. The number of benzene rings is 4. The van der Waals surface area contributed by atoms with Crippen molar-refractivity contribution in [1.82, 2.24) is 15.5 Å². The van der Waals surface area contributed by atoms with Crippen LogP contribution in [0.15, 0.2) is 132 Å². The Bertz CT molecular complexity index is 1780. The van der Waals surface area contributed by atoms with E-state index in [1.165, 1.54) is 16.7 Å². The molecule has 3 amide bonds. The molecule has 1 fully saturated rings. The number of halogens is 1. The largest absolute Gasteiger partial charge is 0.477 e. The molecule has 0 aliphatic carbocycles. The van der Waals surface area contributed by atoms with E-state index in [9.17, 15) is 24.3 Å². The average molecular weight is 722 g/mol. The highest BCUT2D eigenvalue weighted by Gasteiger charge is 2.53. The zero-order valence-electron chi connectivity index (χ0n) is 28.0. The molecule has 0 radical (unpaired) electrons. The number of thioether (sulfide) groups is 1. The van der Waals surface area contributed by atoms with Crippen molar-refractivity contribution < 1.29 is 24.3 Å². The number of rotatable bonds is 15. The van der Waals surface area contributed by atoms with Gasteiger partial charge in [-0.1, -0.05) is 139 Å². The van der Waals surface area contributed by atoms with Crippen LogP contribution in [0.5, 0.6) is 0 Å². The highest BCUT2D eigenvalue weighted by Crippen LogP contribution is 2.48. The van der Waals surface area contributed by atoms with Crippen LogP contribution in [0.25, 0.3) is 0 Å². The third kappa shape index (κ3) is 7.75. The Morgan fingerprint density at radius 1 is 0.804 bits per heavy atom. The first-order valence-corrected chi connectivity index (χ1v) is 18.6. The molecular formula is C41H40ClN3O5S. The van der Waals surface area contributed by atoms with Crippen molar-refractivity contribution in [2.45, 2.75) is 61.4 Å². The first-order valence-electron chi connectivity index (χ1n) is 17.2. The van der Waals surface area contributed by atoms with E-state index in [0.717, 1.165) is 23.5 Å². The molecule has 51 heavy (non-hydrogen) atoms. The fourth-order valence-electron chi connectivity index (χ4n) is 6.99. The highest BCUT2D eigenvalue weighted by molar-refractivity contribution is 8.00. The van der Waals surface area contributed by atoms with E-state index < -0.39 is 40.7 Å². The van der Waals surface area contributed by atoms with Crippen molar-refractivity contribution in [1.29, 1.82) is 0 Å². The van der Waals surface area contributed by atoms with Crippen LogP contribution < -0.4 is 10.6 Å². The third-order valence-electron chi connectivity index (χ3n) is 9.49. The number of amides is 3. The number of aliphatic carboxylic acids is 1. The van der Waals surface area contributed by atoms with Gasteiger partial charge in [-0.25, -0.2) is 4.79 Å². The van der Waals surface area contributed by atoms with Gasteiger partial charge in [0.25, 0.3) is 5.91 Å². The summed E-state index contributed by atoms with van der Waals surface area (Å²) in [5.74, 6) is -1.73. The lowest BCUT2D eigenvalue weighted by Crippen LogP contribution is -2.72. The van der Waals surface area contributed by atoms with Gasteiger partial charge >= 0.3 is 5.97 Å². The van der Waals surface area contributed by atoms with E-state index in [2.05, 4.69) is 83.4 Å². The summed E-state index contributed by atoms with van der Waals surface area (Å²) in [5.41, 5.74) is 3.97. The van der Waals surface area contributed by atoms with Crippen molar-refractivity contribution in [2.75, 3.05) is 5.75 Å². The van der Waals surface area contributed by atoms with Crippen LogP contribution in [-0.4, -0.2) is 51.5 Å². The average Bonchev–Trinajstić information content (AvgIpc) is 3.17. The molecule has 262 valence electrons. The monoisotopic (exact) mass is 721 g/mol. The van der Waals surface area contributed by atoms with Crippen LogP contribution in [0.2, 0.25) is 0 Å². The number of allylic oxidation sites excluding steroid dienone is 1. The Morgan fingerprint density at radius 2 is 1.33 bits per heavy atom. The van der Waals surface area contributed by atoms with Gasteiger partial charge in [0.05, 0.1) is 10.8 Å². The van der Waals surface area contributed by atoms with Crippen LogP contribution in [0.3, 0.4) is 0 Å². The predicted molar refractivity (Wildman–Crippen MR) is 200 cm³/mol. The lowest BCUT2D eigenvalue weighted by atomic mass is 9.84. The molecule has 0 unspecified atom stereocenters. The van der Waals surface area contributed by atoms with Gasteiger partial charge in [-0.2, -0.15) is 0 Å². The molecule has 0 saturated carbocycles. The summed E-state index contributed by atoms with van der Waals surface area (Å²) in [6.45, 7) is 0. The topological polar surface area (TPSA) is 116 Å². The summed E-state index contributed by atoms with van der Waals surface area (Å²) in [6, 6.07) is 38.1. The van der Waals surface area contributed by atoms with E-state index in [1.54, 1.807) is 24.3 Å². The van der Waals surface area contributed by atoms with Crippen LogP contribution in [0, 0.1) is 0 Å². The Balaban J connectivity index is 1.06. The van der Waals surface area contributed by atoms with Crippen molar-refractivity contribution in [2.24, 2.45) is 0 Å². The Kier molecular flexibility index (Phi) is 11.6. The van der Waals surface area contributed by atoms with E-state index in [1.807, 2.05) is 36.0 Å². The fraction of sp³-hybridized carbons (Fsp3) is 0.268. The molecule has 3 N–H and O–H groups in total. The molecule has 0 bridgehead atoms. The molecule has 2 heterocycles. The predicted octanol–water partition coefficient (Wildman–Crippen LogP) is 7.15. The van der Waals surface area contributed by atoms with E-state index in [4.69, 9.17) is 11.6 Å². The zero-order chi connectivity index (χ0) is 35.8. The van der Waals surface area contributed by atoms with Gasteiger partial charge in [0, 0.05) is 11.5 Å². The molecule has 0 spiro atoms. The first kappa shape index (κ1) is 35.9. The van der Waals surface area contributed by atoms with Gasteiger partial charge in [-0.15, -0.1) is 11.8 Å². The number of carbonyl (C=O) groups is 4. The Morgan fingerprint density at radius 3 is 1.86 bits per heavy atom. The van der Waals surface area contributed by atoms with Crippen molar-refractivity contribution in [3.63, 3.8) is 0 Å². The minimum atomic E-state index is -1.28. The molecule has 0 aromatic heterocycles. The molecule has 4 aromatic rings. The summed E-state index contributed by atoms with van der Waals surface area (Å²) in [7, 11) is 0. The van der Waals surface area contributed by atoms with Gasteiger partial charge in [-0.05, 0) is 53.7 Å². The quantitative estimate of drug-likeness (QED) is 0.0682. The number of β-lactam (4-membered cyclic amide) rings is 1. The van der Waals surface area contributed by atoms with E-state index >= 15 is 0 Å². The first-order chi connectivity index (χ1) is 24.8. The normalized spacial score (nSPS) is 17.6. The summed E-state index contributed by atoms with van der Waals surface area (Å²) in [4.78, 5) is 52.7. The number of fused-ring (bicyclic) bond motifs is 1. The molecule has 4 aromatic carbocycles. The van der Waals surface area contributed by atoms with E-state index in [-0.39, 0.29) is 23.1 Å². The van der Waals surface area contributed by atoms with Gasteiger partial charge in [0.15, 0.2) is 0 Å². The van der Waals surface area contributed by atoms with Crippen molar-refractivity contribution >= 4 is 47.1 Å². The van der Waals surface area contributed by atoms with Crippen LogP contribution in [-0.2, 0) is 23.9 Å². The second-order valence-electron chi connectivity index (χ2n) is 12.7. The maximum absolute atomic E-state index is 13.6. The lowest BCUT2D eigenvalue weighted by molar-refractivity contribution is -0.156. The van der Waals surface area contributed by atoms with E-state index in [0.29, 0.717) is 24.8 Å². The molecule has 6 rings (SSSR count). The molecule has 2 aliphatic rings. The number of unbranched alkanes of at least 4 members (excludes halogenated alkanes) is 2. The Hall–Kier alpha value is -4.86. The number of hydrogen-bond acceptors (Lipinski definition) is 5. The number of hydrogen-bond donors (Lipinski definition) is 3. The number of carboxylic acid groups (broad SMARTS) is 1. The molecule has 1 saturated heterocycles. The van der Waals surface area contributed by atoms with Crippen LogP contribution in [0.1, 0.15) is 66.8 Å². The third-order valence-corrected chi connectivity index (χ3v) is 11.5. The summed E-state index contributed by atoms with van der Waals surface area (Å²) in [5, 5.41) is 15.4. The number of carboxylic acids is 1. The smallest absolute Gasteiger partial charge is 0.353 e. The van der Waals surface area contributed by atoms with Crippen molar-refractivity contribution in [3.8, 4) is 0 Å². The van der Waals surface area contributed by atoms with Crippen LogP contribution >= 0.6 is 23.4 Å². The van der Waals surface area contributed by atoms with Gasteiger partial charge in [0.2, 0.25) is 11.8 Å². The maximum Gasteiger partial charge on any atom is 0.353 e. The standard InChI is InChI=1S/C41H40ClN3O5S/c42-32-25-26-33-36(39(48)45(33)37(32)40(49)50)44-38(47)35(28-16-6-1-7-17-28)43-34(46)24-14-5-15-27-51-41(29-18-8-2-9-19-29,30-20-10-3-11-21-30)31-22-12-4-13-23-31/h1-4,6-13,16-23,33,35-36H,5,14-15,24-27H2,(H,43,46)(H,44,47)(H,49,50)/t33-,35-,36+/m1/s1.